The number of fused-ring (bicyclic) bond motifs is 2. The molecule has 2 atom stereocenters. The Labute approximate surface area is 137 Å². The summed E-state index contributed by atoms with van der Waals surface area (Å²) < 4.78 is 3.18. The van der Waals surface area contributed by atoms with E-state index in [0.29, 0.717) is 6.04 Å². The molecule has 4 nitrogen and oxygen atoms in total. The third-order valence-electron chi connectivity index (χ3n) is 4.94. The summed E-state index contributed by atoms with van der Waals surface area (Å²) in [5, 5.41) is 4.25. The van der Waals surface area contributed by atoms with E-state index in [9.17, 15) is 0 Å². The summed E-state index contributed by atoms with van der Waals surface area (Å²) in [7, 11) is 0. The number of nitrogens with zero attached hydrogens (tertiary/aromatic N) is 3. The first-order valence-electron chi connectivity index (χ1n) is 7.18. The smallest absolute Gasteiger partial charge is 0.131 e. The fraction of sp³-hybridized carbons (Fsp3) is 0.467. The molecule has 2 aromatic heterocycles. The van der Waals surface area contributed by atoms with Crippen molar-refractivity contribution < 1.29 is 0 Å². The average molecular weight is 368 g/mol. The van der Waals surface area contributed by atoms with Crippen LogP contribution in [-0.4, -0.2) is 21.1 Å². The normalized spacial score (nSPS) is 27.1. The van der Waals surface area contributed by atoms with E-state index in [0.717, 1.165) is 46.9 Å². The summed E-state index contributed by atoms with van der Waals surface area (Å²) >= 11 is 10.1. The van der Waals surface area contributed by atoms with Gasteiger partial charge in [-0.3, -0.25) is 0 Å². The Morgan fingerprint density at radius 2 is 2.33 bits per heavy atom. The van der Waals surface area contributed by atoms with E-state index in [1.165, 1.54) is 5.56 Å². The van der Waals surface area contributed by atoms with Gasteiger partial charge in [-0.05, 0) is 42.1 Å². The van der Waals surface area contributed by atoms with E-state index >= 15 is 0 Å². The number of anilines is 1. The summed E-state index contributed by atoms with van der Waals surface area (Å²) in [6.45, 7) is 2.99. The third kappa shape index (κ3) is 1.94. The quantitative estimate of drug-likeness (QED) is 0.825. The number of nitrogens with one attached hydrogen (secondary N) is 1. The standard InChI is InChI=1S/C15H16BrClN4/c1-9-18-4-5-21(9)10-2-3-15(6-10)8-20-14-12(15)13(17)11(16)7-19-14/h4-5,7,10H,2-3,6,8H2,1H3,(H,19,20)/t10-,15-/m0/s1. The maximum Gasteiger partial charge on any atom is 0.131 e. The van der Waals surface area contributed by atoms with Crippen molar-refractivity contribution in [2.45, 2.75) is 37.6 Å². The molecule has 0 radical (unpaired) electrons. The molecule has 1 aliphatic heterocycles. The third-order valence-corrected chi connectivity index (χ3v) is 6.16. The number of hydrogen-bond donors (Lipinski definition) is 1. The van der Waals surface area contributed by atoms with Crippen molar-refractivity contribution in [1.29, 1.82) is 0 Å². The molecule has 110 valence electrons. The van der Waals surface area contributed by atoms with Gasteiger partial charge < -0.3 is 9.88 Å². The molecule has 1 fully saturated rings. The lowest BCUT2D eigenvalue weighted by molar-refractivity contribution is 0.438. The first-order chi connectivity index (χ1) is 10.1. The van der Waals surface area contributed by atoms with Gasteiger partial charge in [0, 0.05) is 42.2 Å². The molecule has 0 aromatic carbocycles. The maximum atomic E-state index is 6.57. The van der Waals surface area contributed by atoms with Crippen molar-refractivity contribution in [3.05, 3.63) is 39.5 Å². The zero-order valence-corrected chi connectivity index (χ0v) is 14.1. The number of imidazole rings is 1. The van der Waals surface area contributed by atoms with Gasteiger partial charge in [-0.1, -0.05) is 11.6 Å². The summed E-state index contributed by atoms with van der Waals surface area (Å²) in [5.41, 5.74) is 1.30. The Morgan fingerprint density at radius 3 is 3.10 bits per heavy atom. The van der Waals surface area contributed by atoms with E-state index in [4.69, 9.17) is 11.6 Å². The topological polar surface area (TPSA) is 42.7 Å². The van der Waals surface area contributed by atoms with Gasteiger partial charge in [0.25, 0.3) is 0 Å². The molecular weight excluding hydrogens is 352 g/mol. The van der Waals surface area contributed by atoms with Crippen LogP contribution in [0, 0.1) is 6.92 Å². The van der Waals surface area contributed by atoms with Gasteiger partial charge in [0.05, 0.1) is 9.50 Å². The van der Waals surface area contributed by atoms with Crippen LogP contribution in [-0.2, 0) is 5.41 Å². The lowest BCUT2D eigenvalue weighted by Crippen LogP contribution is -2.25. The molecule has 1 saturated carbocycles. The molecule has 1 spiro atoms. The number of halogens is 2. The predicted molar refractivity (Wildman–Crippen MR) is 87.0 cm³/mol. The molecule has 21 heavy (non-hydrogen) atoms. The van der Waals surface area contributed by atoms with Gasteiger partial charge in [-0.25, -0.2) is 9.97 Å². The molecule has 6 heteroatoms. The molecular formula is C15H16BrClN4. The Hall–Kier alpha value is -1.07. The zero-order valence-electron chi connectivity index (χ0n) is 11.7. The zero-order chi connectivity index (χ0) is 14.6. The van der Waals surface area contributed by atoms with Gasteiger partial charge >= 0.3 is 0 Å². The van der Waals surface area contributed by atoms with Crippen LogP contribution in [0.1, 0.15) is 36.7 Å². The van der Waals surface area contributed by atoms with Crippen molar-refractivity contribution in [2.24, 2.45) is 0 Å². The second-order valence-electron chi connectivity index (χ2n) is 6.06. The van der Waals surface area contributed by atoms with E-state index in [1.54, 1.807) is 6.20 Å². The second kappa shape index (κ2) is 4.71. The lowest BCUT2D eigenvalue weighted by atomic mass is 9.81. The molecule has 2 aliphatic rings. The molecule has 0 bridgehead atoms. The van der Waals surface area contributed by atoms with Crippen molar-refractivity contribution in [2.75, 3.05) is 11.9 Å². The number of pyridine rings is 1. The Balaban J connectivity index is 1.74. The van der Waals surface area contributed by atoms with Gasteiger partial charge in [0.15, 0.2) is 0 Å². The summed E-state index contributed by atoms with van der Waals surface area (Å²) in [4.78, 5) is 8.84. The molecule has 3 heterocycles. The van der Waals surface area contributed by atoms with Crippen LogP contribution in [0.4, 0.5) is 5.82 Å². The highest BCUT2D eigenvalue weighted by molar-refractivity contribution is 9.10. The van der Waals surface area contributed by atoms with Gasteiger partial charge in [0.1, 0.15) is 11.6 Å². The van der Waals surface area contributed by atoms with Crippen LogP contribution in [0.15, 0.2) is 23.1 Å². The van der Waals surface area contributed by atoms with Gasteiger partial charge in [-0.2, -0.15) is 0 Å². The Bertz CT molecular complexity index is 714. The minimum Gasteiger partial charge on any atom is -0.369 e. The van der Waals surface area contributed by atoms with Crippen molar-refractivity contribution in [3.8, 4) is 0 Å². The average Bonchev–Trinajstić information content (AvgIpc) is 3.15. The Kier molecular flexibility index (Phi) is 3.05. The SMILES string of the molecule is Cc1nccn1[C@H]1CC[C@@]2(CNc3ncc(Br)c(Cl)c32)C1. The van der Waals surface area contributed by atoms with Crippen LogP contribution in [0.5, 0.6) is 0 Å². The number of hydrogen-bond acceptors (Lipinski definition) is 3. The summed E-state index contributed by atoms with van der Waals surface area (Å²) in [6.07, 6.45) is 9.12. The van der Waals surface area contributed by atoms with E-state index in [2.05, 4.69) is 48.9 Å². The number of rotatable bonds is 1. The monoisotopic (exact) mass is 366 g/mol. The number of aryl methyl sites for hydroxylation is 1. The van der Waals surface area contributed by atoms with Crippen molar-refractivity contribution >= 4 is 33.3 Å². The van der Waals surface area contributed by atoms with Crippen LogP contribution in [0.3, 0.4) is 0 Å². The largest absolute Gasteiger partial charge is 0.369 e. The van der Waals surface area contributed by atoms with Crippen molar-refractivity contribution in [1.82, 2.24) is 14.5 Å². The van der Waals surface area contributed by atoms with Gasteiger partial charge in [-0.15, -0.1) is 0 Å². The molecule has 4 rings (SSSR count). The van der Waals surface area contributed by atoms with E-state index in [1.807, 2.05) is 6.20 Å². The second-order valence-corrected chi connectivity index (χ2v) is 7.29. The molecule has 1 aliphatic carbocycles. The minimum absolute atomic E-state index is 0.102. The first kappa shape index (κ1) is 13.6. The van der Waals surface area contributed by atoms with E-state index < -0.39 is 0 Å². The van der Waals surface area contributed by atoms with E-state index in [-0.39, 0.29) is 5.41 Å². The lowest BCUT2D eigenvalue weighted by Gasteiger charge is -2.25. The van der Waals surface area contributed by atoms with Crippen LogP contribution in [0.25, 0.3) is 0 Å². The number of aromatic nitrogens is 3. The first-order valence-corrected chi connectivity index (χ1v) is 8.36. The molecule has 1 N–H and O–H groups in total. The highest BCUT2D eigenvalue weighted by atomic mass is 79.9. The molecule has 0 unspecified atom stereocenters. The fourth-order valence-electron chi connectivity index (χ4n) is 3.92. The molecule has 2 aromatic rings. The summed E-state index contributed by atoms with van der Waals surface area (Å²) in [5.74, 6) is 2.04. The highest BCUT2D eigenvalue weighted by Gasteiger charge is 2.47. The maximum absolute atomic E-state index is 6.57. The van der Waals surface area contributed by atoms with Crippen molar-refractivity contribution in [3.63, 3.8) is 0 Å². The van der Waals surface area contributed by atoms with Crippen LogP contribution >= 0.6 is 27.5 Å². The summed E-state index contributed by atoms with van der Waals surface area (Å²) in [6, 6.07) is 0.496. The van der Waals surface area contributed by atoms with Crippen LogP contribution in [0.2, 0.25) is 5.02 Å². The predicted octanol–water partition coefficient (Wildman–Crippen LogP) is 4.09. The molecule has 0 saturated heterocycles. The van der Waals surface area contributed by atoms with Crippen LogP contribution < -0.4 is 5.32 Å². The fourth-order valence-corrected chi connectivity index (χ4v) is 4.56. The minimum atomic E-state index is 0.102. The van der Waals surface area contributed by atoms with Gasteiger partial charge in [0.2, 0.25) is 0 Å². The highest BCUT2D eigenvalue weighted by Crippen LogP contribution is 2.54. The molecule has 0 amide bonds. The Morgan fingerprint density at radius 1 is 1.48 bits per heavy atom.